The molecule has 2 heterocycles. The van der Waals surface area contributed by atoms with E-state index in [0.29, 0.717) is 26.1 Å². The molecule has 1 aliphatic rings. The Balaban J connectivity index is 1.84. The summed E-state index contributed by atoms with van der Waals surface area (Å²) in [5.41, 5.74) is 7.73. The van der Waals surface area contributed by atoms with Crippen LogP contribution < -0.4 is 5.73 Å². The lowest BCUT2D eigenvalue weighted by atomic mass is 10.1. The molecule has 0 amide bonds. The van der Waals surface area contributed by atoms with E-state index in [9.17, 15) is 8.42 Å². The van der Waals surface area contributed by atoms with Crippen LogP contribution in [-0.2, 0) is 22.9 Å². The zero-order chi connectivity index (χ0) is 14.9. The summed E-state index contributed by atoms with van der Waals surface area (Å²) in [6.45, 7) is 2.39. The van der Waals surface area contributed by atoms with E-state index in [2.05, 4.69) is 4.90 Å². The number of hydrogen-bond acceptors (Lipinski definition) is 5. The van der Waals surface area contributed by atoms with E-state index in [1.165, 1.54) is 0 Å². The molecule has 1 aromatic carbocycles. The Hall–Kier alpha value is -1.37. The zero-order valence-corrected chi connectivity index (χ0v) is 12.7. The molecule has 0 bridgehead atoms. The third kappa shape index (κ3) is 3.12. The number of sulfone groups is 1. The number of furan rings is 1. The SMILES string of the molecule is NCc1c(CN2CCCS(=O)(=O)CC2)oc2ccccc12. The summed E-state index contributed by atoms with van der Waals surface area (Å²) in [6, 6.07) is 7.86. The first kappa shape index (κ1) is 14.6. The highest BCUT2D eigenvalue weighted by molar-refractivity contribution is 7.91. The van der Waals surface area contributed by atoms with Crippen LogP contribution in [-0.4, -0.2) is 37.9 Å². The van der Waals surface area contributed by atoms with Crippen molar-refractivity contribution in [2.75, 3.05) is 24.6 Å². The minimum atomic E-state index is -2.88. The number of fused-ring (bicyclic) bond motifs is 1. The molecule has 0 saturated carbocycles. The van der Waals surface area contributed by atoms with Crippen molar-refractivity contribution < 1.29 is 12.8 Å². The highest BCUT2D eigenvalue weighted by Gasteiger charge is 2.21. The molecule has 0 radical (unpaired) electrons. The summed E-state index contributed by atoms with van der Waals surface area (Å²) in [7, 11) is -2.88. The quantitative estimate of drug-likeness (QED) is 0.930. The molecule has 114 valence electrons. The summed E-state index contributed by atoms with van der Waals surface area (Å²) in [4.78, 5) is 2.14. The van der Waals surface area contributed by atoms with Crippen molar-refractivity contribution in [3.63, 3.8) is 0 Å². The van der Waals surface area contributed by atoms with Gasteiger partial charge in [-0.15, -0.1) is 0 Å². The fraction of sp³-hybridized carbons (Fsp3) is 0.467. The molecule has 1 saturated heterocycles. The van der Waals surface area contributed by atoms with Gasteiger partial charge >= 0.3 is 0 Å². The maximum atomic E-state index is 11.7. The van der Waals surface area contributed by atoms with E-state index in [1.54, 1.807) is 0 Å². The molecule has 5 nitrogen and oxygen atoms in total. The highest BCUT2D eigenvalue weighted by Crippen LogP contribution is 2.26. The number of nitrogens with zero attached hydrogens (tertiary/aromatic N) is 1. The maximum absolute atomic E-state index is 11.7. The van der Waals surface area contributed by atoms with Crippen molar-refractivity contribution in [3.05, 3.63) is 35.6 Å². The smallest absolute Gasteiger partial charge is 0.151 e. The Kier molecular flexibility index (Phi) is 4.01. The molecule has 2 aromatic rings. The number of rotatable bonds is 3. The van der Waals surface area contributed by atoms with Crippen LogP contribution in [0.3, 0.4) is 0 Å². The molecule has 1 fully saturated rings. The predicted octanol–water partition coefficient (Wildman–Crippen LogP) is 1.51. The van der Waals surface area contributed by atoms with Gasteiger partial charge in [0.2, 0.25) is 0 Å². The molecule has 0 unspecified atom stereocenters. The molecule has 2 N–H and O–H groups in total. The lowest BCUT2D eigenvalue weighted by molar-refractivity contribution is 0.263. The van der Waals surface area contributed by atoms with Gasteiger partial charge in [0.25, 0.3) is 0 Å². The summed E-state index contributed by atoms with van der Waals surface area (Å²) in [5.74, 6) is 1.37. The summed E-state index contributed by atoms with van der Waals surface area (Å²) >= 11 is 0. The molecule has 21 heavy (non-hydrogen) atoms. The van der Waals surface area contributed by atoms with Crippen molar-refractivity contribution in [1.29, 1.82) is 0 Å². The lowest BCUT2D eigenvalue weighted by Crippen LogP contribution is -2.27. The van der Waals surface area contributed by atoms with E-state index in [4.69, 9.17) is 10.2 Å². The minimum Gasteiger partial charge on any atom is -0.459 e. The summed E-state index contributed by atoms with van der Waals surface area (Å²) in [6.07, 6.45) is 0.681. The highest BCUT2D eigenvalue weighted by atomic mass is 32.2. The van der Waals surface area contributed by atoms with Gasteiger partial charge in [-0.25, -0.2) is 8.42 Å². The molecule has 1 aromatic heterocycles. The van der Waals surface area contributed by atoms with Crippen LogP contribution in [0.1, 0.15) is 17.7 Å². The predicted molar refractivity (Wildman–Crippen MR) is 82.7 cm³/mol. The molecule has 3 rings (SSSR count). The number of benzene rings is 1. The van der Waals surface area contributed by atoms with Gasteiger partial charge in [0, 0.05) is 24.0 Å². The van der Waals surface area contributed by atoms with Crippen LogP contribution in [0.25, 0.3) is 11.0 Å². The van der Waals surface area contributed by atoms with E-state index in [1.807, 2.05) is 24.3 Å². The van der Waals surface area contributed by atoms with Gasteiger partial charge in [0.15, 0.2) is 9.84 Å². The molecule has 0 spiro atoms. The molecular weight excluding hydrogens is 288 g/mol. The number of hydrogen-bond donors (Lipinski definition) is 1. The normalized spacial score (nSPS) is 19.7. The van der Waals surface area contributed by atoms with Crippen molar-refractivity contribution in [2.24, 2.45) is 5.73 Å². The third-order valence-electron chi connectivity index (χ3n) is 4.00. The van der Waals surface area contributed by atoms with Crippen LogP contribution in [0.15, 0.2) is 28.7 Å². The van der Waals surface area contributed by atoms with Crippen molar-refractivity contribution in [3.8, 4) is 0 Å². The molecular formula is C15H20N2O3S. The zero-order valence-electron chi connectivity index (χ0n) is 11.9. The van der Waals surface area contributed by atoms with E-state index < -0.39 is 9.84 Å². The second-order valence-corrected chi connectivity index (χ2v) is 7.79. The standard InChI is InChI=1S/C15H20N2O3S/c16-10-13-12-4-1-2-5-14(12)20-15(13)11-17-6-3-8-21(18,19)9-7-17/h1-2,4-5H,3,6-11,16H2. The Bertz CT molecular complexity index is 736. The Morgan fingerprint density at radius 1 is 1.19 bits per heavy atom. The average molecular weight is 308 g/mol. The van der Waals surface area contributed by atoms with Gasteiger partial charge in [-0.3, -0.25) is 4.90 Å². The van der Waals surface area contributed by atoms with Crippen molar-refractivity contribution in [2.45, 2.75) is 19.5 Å². The van der Waals surface area contributed by atoms with Gasteiger partial charge in [-0.2, -0.15) is 0 Å². The second kappa shape index (κ2) is 5.79. The fourth-order valence-electron chi connectivity index (χ4n) is 2.85. The van der Waals surface area contributed by atoms with Crippen molar-refractivity contribution in [1.82, 2.24) is 4.90 Å². The van der Waals surface area contributed by atoms with Crippen LogP contribution in [0.4, 0.5) is 0 Å². The van der Waals surface area contributed by atoms with Crippen molar-refractivity contribution >= 4 is 20.8 Å². The Morgan fingerprint density at radius 2 is 2.00 bits per heavy atom. The topological polar surface area (TPSA) is 76.5 Å². The first-order chi connectivity index (χ1) is 10.1. The van der Waals surface area contributed by atoms with E-state index >= 15 is 0 Å². The van der Waals surface area contributed by atoms with Gasteiger partial charge in [0.05, 0.1) is 18.1 Å². The van der Waals surface area contributed by atoms with Gasteiger partial charge in [0.1, 0.15) is 11.3 Å². The van der Waals surface area contributed by atoms with Crippen LogP contribution >= 0.6 is 0 Å². The van der Waals surface area contributed by atoms with E-state index in [-0.39, 0.29) is 11.5 Å². The Morgan fingerprint density at radius 3 is 2.81 bits per heavy atom. The second-order valence-electron chi connectivity index (χ2n) is 5.49. The van der Waals surface area contributed by atoms with Crippen LogP contribution in [0.2, 0.25) is 0 Å². The minimum absolute atomic E-state index is 0.227. The maximum Gasteiger partial charge on any atom is 0.151 e. The molecule has 0 aliphatic carbocycles. The van der Waals surface area contributed by atoms with Crippen LogP contribution in [0, 0.1) is 0 Å². The van der Waals surface area contributed by atoms with Gasteiger partial charge < -0.3 is 10.2 Å². The number of para-hydroxylation sites is 1. The molecule has 6 heteroatoms. The lowest BCUT2D eigenvalue weighted by Gasteiger charge is -2.18. The molecule has 1 aliphatic heterocycles. The van der Waals surface area contributed by atoms with E-state index in [0.717, 1.165) is 28.8 Å². The summed E-state index contributed by atoms with van der Waals surface area (Å²) < 4.78 is 29.2. The average Bonchev–Trinajstić information content (AvgIpc) is 2.71. The Labute approximate surface area is 124 Å². The fourth-order valence-corrected chi connectivity index (χ4v) is 4.16. The van der Waals surface area contributed by atoms with Crippen LogP contribution in [0.5, 0.6) is 0 Å². The largest absolute Gasteiger partial charge is 0.459 e. The number of nitrogens with two attached hydrogens (primary N) is 1. The summed E-state index contributed by atoms with van der Waals surface area (Å²) in [5, 5.41) is 1.05. The van der Waals surface area contributed by atoms with Gasteiger partial charge in [-0.05, 0) is 19.0 Å². The molecule has 0 atom stereocenters. The third-order valence-corrected chi connectivity index (χ3v) is 5.72. The monoisotopic (exact) mass is 308 g/mol. The first-order valence-electron chi connectivity index (χ1n) is 7.21. The first-order valence-corrected chi connectivity index (χ1v) is 9.03. The van der Waals surface area contributed by atoms with Gasteiger partial charge in [-0.1, -0.05) is 18.2 Å².